The lowest BCUT2D eigenvalue weighted by Crippen LogP contribution is -2.42. The fourth-order valence-electron chi connectivity index (χ4n) is 4.99. The molecule has 2 amide bonds. The number of piperidine rings is 1. The van der Waals surface area contributed by atoms with Crippen LogP contribution in [0.1, 0.15) is 38.5 Å². The van der Waals surface area contributed by atoms with Crippen molar-refractivity contribution in [3.05, 3.63) is 18.2 Å². The number of rotatable bonds is 4. The van der Waals surface area contributed by atoms with Crippen LogP contribution in [-0.2, 0) is 9.59 Å². The third-order valence-electron chi connectivity index (χ3n) is 6.34. The van der Waals surface area contributed by atoms with Crippen LogP contribution in [0.15, 0.2) is 18.2 Å². The lowest BCUT2D eigenvalue weighted by Gasteiger charge is -2.29. The zero-order valence-electron chi connectivity index (χ0n) is 15.6. The second-order valence-corrected chi connectivity index (χ2v) is 7.81. The van der Waals surface area contributed by atoms with E-state index in [1.54, 1.807) is 12.0 Å². The number of amides is 2. The molecule has 1 aliphatic heterocycles. The summed E-state index contributed by atoms with van der Waals surface area (Å²) < 4.78 is 5.44. The Labute approximate surface area is 166 Å². The minimum absolute atomic E-state index is 0. The van der Waals surface area contributed by atoms with Gasteiger partial charge in [-0.25, -0.2) is 0 Å². The third-order valence-corrected chi connectivity index (χ3v) is 6.34. The van der Waals surface area contributed by atoms with Crippen LogP contribution in [0.3, 0.4) is 0 Å². The molecule has 3 N–H and O–H groups in total. The van der Waals surface area contributed by atoms with Crippen molar-refractivity contribution in [2.45, 2.75) is 44.6 Å². The highest BCUT2D eigenvalue weighted by Crippen LogP contribution is 2.48. The van der Waals surface area contributed by atoms with Crippen molar-refractivity contribution in [3.63, 3.8) is 0 Å². The summed E-state index contributed by atoms with van der Waals surface area (Å²) in [5.41, 5.74) is 7.72. The molecule has 0 spiro atoms. The minimum Gasteiger partial charge on any atom is -0.495 e. The summed E-state index contributed by atoms with van der Waals surface area (Å²) >= 11 is 0. The number of ether oxygens (including phenoxy) is 1. The van der Waals surface area contributed by atoms with Crippen LogP contribution in [0.4, 0.5) is 11.4 Å². The van der Waals surface area contributed by atoms with Crippen LogP contribution < -0.4 is 20.7 Å². The van der Waals surface area contributed by atoms with Crippen LogP contribution >= 0.6 is 12.4 Å². The Kier molecular flexibility index (Phi) is 5.96. The Balaban J connectivity index is 0.00000210. The minimum atomic E-state index is -0.101. The van der Waals surface area contributed by atoms with Gasteiger partial charge in [0.25, 0.3) is 0 Å². The standard InChI is InChI=1S/C20H27N3O3.ClH/c1-26-16-8-7-14(11-15(16)23-9-3-2-4-17(23)24)22-20(25)18-12-5-6-13(10-12)19(18)21;/h7-8,11-13,18-19H,2-6,9-10,21H2,1H3,(H,22,25);1H. The molecule has 6 nitrogen and oxygen atoms in total. The molecule has 4 atom stereocenters. The van der Waals surface area contributed by atoms with Crippen LogP contribution in [0, 0.1) is 17.8 Å². The van der Waals surface area contributed by atoms with Crippen molar-refractivity contribution in [2.24, 2.45) is 23.5 Å². The number of hydrogen-bond donors (Lipinski definition) is 2. The van der Waals surface area contributed by atoms with Crippen molar-refractivity contribution in [1.82, 2.24) is 0 Å². The average molecular weight is 394 g/mol. The van der Waals surface area contributed by atoms with E-state index in [1.807, 2.05) is 18.2 Å². The summed E-state index contributed by atoms with van der Waals surface area (Å²) in [7, 11) is 1.60. The molecule has 148 valence electrons. The number of methoxy groups -OCH3 is 1. The molecule has 2 aliphatic carbocycles. The molecule has 27 heavy (non-hydrogen) atoms. The summed E-state index contributed by atoms with van der Waals surface area (Å²) in [4.78, 5) is 26.9. The highest BCUT2D eigenvalue weighted by atomic mass is 35.5. The molecule has 4 unspecified atom stereocenters. The summed E-state index contributed by atoms with van der Waals surface area (Å²) in [6.45, 7) is 0.684. The Morgan fingerprint density at radius 3 is 2.70 bits per heavy atom. The maximum Gasteiger partial charge on any atom is 0.229 e. The molecule has 7 heteroatoms. The van der Waals surface area contributed by atoms with E-state index in [0.717, 1.165) is 37.8 Å². The van der Waals surface area contributed by atoms with Crippen molar-refractivity contribution in [2.75, 3.05) is 23.9 Å². The topological polar surface area (TPSA) is 84.7 Å². The lowest BCUT2D eigenvalue weighted by atomic mass is 9.84. The maximum atomic E-state index is 12.8. The Hall–Kier alpha value is -1.79. The van der Waals surface area contributed by atoms with E-state index in [2.05, 4.69) is 5.32 Å². The van der Waals surface area contributed by atoms with Crippen LogP contribution in [0.5, 0.6) is 5.75 Å². The Morgan fingerprint density at radius 1 is 1.26 bits per heavy atom. The normalized spacial score (nSPS) is 29.4. The van der Waals surface area contributed by atoms with Gasteiger partial charge in [0.05, 0.1) is 18.7 Å². The van der Waals surface area contributed by atoms with Crippen LogP contribution in [-0.4, -0.2) is 31.5 Å². The molecule has 3 aliphatic rings. The molecular weight excluding hydrogens is 366 g/mol. The average Bonchev–Trinajstić information content (AvgIpc) is 3.23. The fraction of sp³-hybridized carbons (Fsp3) is 0.600. The fourth-order valence-corrected chi connectivity index (χ4v) is 4.99. The van der Waals surface area contributed by atoms with Crippen molar-refractivity contribution in [1.29, 1.82) is 0 Å². The van der Waals surface area contributed by atoms with E-state index in [9.17, 15) is 9.59 Å². The van der Waals surface area contributed by atoms with Gasteiger partial charge in [-0.1, -0.05) is 0 Å². The largest absolute Gasteiger partial charge is 0.495 e. The zero-order valence-corrected chi connectivity index (χ0v) is 16.5. The first-order valence-electron chi connectivity index (χ1n) is 9.63. The Morgan fingerprint density at radius 2 is 2.04 bits per heavy atom. The molecule has 2 bridgehead atoms. The smallest absolute Gasteiger partial charge is 0.229 e. The quantitative estimate of drug-likeness (QED) is 0.823. The van der Waals surface area contributed by atoms with Gasteiger partial charge < -0.3 is 20.7 Å². The molecule has 4 rings (SSSR count). The molecule has 1 aromatic carbocycles. The molecule has 0 radical (unpaired) electrons. The number of fused-ring (bicyclic) bond motifs is 2. The summed E-state index contributed by atoms with van der Waals surface area (Å²) in [6.07, 6.45) is 5.79. The summed E-state index contributed by atoms with van der Waals surface area (Å²) in [6, 6.07) is 5.45. The van der Waals surface area contributed by atoms with Crippen molar-refractivity contribution < 1.29 is 14.3 Å². The van der Waals surface area contributed by atoms with Gasteiger partial charge in [0.1, 0.15) is 5.75 Å². The van der Waals surface area contributed by atoms with E-state index in [0.29, 0.717) is 36.2 Å². The van der Waals surface area contributed by atoms with Gasteiger partial charge >= 0.3 is 0 Å². The number of nitrogens with zero attached hydrogens (tertiary/aromatic N) is 1. The van der Waals surface area contributed by atoms with Crippen molar-refractivity contribution >= 4 is 35.6 Å². The van der Waals surface area contributed by atoms with E-state index >= 15 is 0 Å². The van der Waals surface area contributed by atoms with Gasteiger partial charge in [-0.05, 0) is 62.1 Å². The molecule has 1 aromatic rings. The number of benzene rings is 1. The van der Waals surface area contributed by atoms with Crippen molar-refractivity contribution in [3.8, 4) is 5.75 Å². The number of carbonyl (C=O) groups is 2. The first-order chi connectivity index (χ1) is 12.6. The molecular formula is C20H28ClN3O3. The van der Waals surface area contributed by atoms with E-state index in [4.69, 9.17) is 10.5 Å². The SMILES string of the molecule is COc1ccc(NC(=O)C2C3CCC(C3)C2N)cc1N1CCCCC1=O.Cl. The predicted molar refractivity (Wildman–Crippen MR) is 107 cm³/mol. The summed E-state index contributed by atoms with van der Waals surface area (Å²) in [5.74, 6) is 1.56. The first kappa shape index (κ1) is 20.0. The molecule has 1 heterocycles. The van der Waals surface area contributed by atoms with E-state index in [-0.39, 0.29) is 36.2 Å². The van der Waals surface area contributed by atoms with Crippen LogP contribution in [0.2, 0.25) is 0 Å². The number of carbonyl (C=O) groups excluding carboxylic acids is 2. The van der Waals surface area contributed by atoms with Gasteiger partial charge in [0.15, 0.2) is 0 Å². The zero-order chi connectivity index (χ0) is 18.3. The van der Waals surface area contributed by atoms with Crippen LogP contribution in [0.25, 0.3) is 0 Å². The molecule has 2 saturated carbocycles. The van der Waals surface area contributed by atoms with Gasteiger partial charge in [0.2, 0.25) is 11.8 Å². The first-order valence-corrected chi connectivity index (χ1v) is 9.63. The van der Waals surface area contributed by atoms with E-state index in [1.165, 1.54) is 0 Å². The monoisotopic (exact) mass is 393 g/mol. The predicted octanol–water partition coefficient (Wildman–Crippen LogP) is 2.95. The lowest BCUT2D eigenvalue weighted by molar-refractivity contribution is -0.122. The second-order valence-electron chi connectivity index (χ2n) is 7.81. The number of nitrogens with one attached hydrogen (secondary N) is 1. The number of nitrogens with two attached hydrogens (primary N) is 1. The third kappa shape index (κ3) is 3.65. The van der Waals surface area contributed by atoms with Gasteiger partial charge in [0, 0.05) is 24.7 Å². The van der Waals surface area contributed by atoms with Gasteiger partial charge in [-0.2, -0.15) is 0 Å². The number of anilines is 2. The molecule has 3 fully saturated rings. The maximum absolute atomic E-state index is 12.8. The summed E-state index contributed by atoms with van der Waals surface area (Å²) in [5, 5.41) is 3.03. The second kappa shape index (κ2) is 8.07. The highest BCUT2D eigenvalue weighted by Gasteiger charge is 2.49. The van der Waals surface area contributed by atoms with E-state index < -0.39 is 0 Å². The molecule has 1 saturated heterocycles. The number of halogens is 1. The molecule has 0 aromatic heterocycles. The van der Waals surface area contributed by atoms with Gasteiger partial charge in [-0.3, -0.25) is 9.59 Å². The van der Waals surface area contributed by atoms with Gasteiger partial charge in [-0.15, -0.1) is 12.4 Å². The Bertz CT molecular complexity index is 724. The highest BCUT2D eigenvalue weighted by molar-refractivity contribution is 5.98. The number of hydrogen-bond acceptors (Lipinski definition) is 4.